The van der Waals surface area contributed by atoms with Crippen molar-refractivity contribution < 1.29 is 28.9 Å². The van der Waals surface area contributed by atoms with E-state index in [9.17, 15) is 14.0 Å². The van der Waals surface area contributed by atoms with Gasteiger partial charge in [-0.25, -0.2) is 9.18 Å². The van der Waals surface area contributed by atoms with Crippen LogP contribution in [0, 0.1) is 5.82 Å². The van der Waals surface area contributed by atoms with Gasteiger partial charge in [0.2, 0.25) is 5.76 Å². The van der Waals surface area contributed by atoms with Crippen molar-refractivity contribution in [2.45, 2.75) is 13.0 Å². The number of hydrogen-bond acceptors (Lipinski definition) is 4. The Balaban J connectivity index is 1.90. The summed E-state index contributed by atoms with van der Waals surface area (Å²) in [6.45, 7) is 0.285. The lowest BCUT2D eigenvalue weighted by atomic mass is 10.1. The molecule has 5 nitrogen and oxygen atoms in total. The lowest BCUT2D eigenvalue weighted by molar-refractivity contribution is -0.135. The van der Waals surface area contributed by atoms with Gasteiger partial charge in [-0.2, -0.15) is 0 Å². The summed E-state index contributed by atoms with van der Waals surface area (Å²) in [4.78, 5) is 22.0. The zero-order valence-corrected chi connectivity index (χ0v) is 12.6. The highest BCUT2D eigenvalue weighted by molar-refractivity contribution is 5.98. The molecule has 0 aliphatic heterocycles. The van der Waals surface area contributed by atoms with Gasteiger partial charge in [0.1, 0.15) is 18.2 Å². The first kappa shape index (κ1) is 17.2. The van der Waals surface area contributed by atoms with E-state index in [1.807, 2.05) is 0 Å². The zero-order chi connectivity index (χ0) is 17.5. The van der Waals surface area contributed by atoms with Gasteiger partial charge in [-0.1, -0.05) is 24.3 Å². The predicted octanol–water partition coefficient (Wildman–Crippen LogP) is 3.04. The maximum Gasteiger partial charge on any atom is 0.371 e. The third-order valence-electron chi connectivity index (χ3n) is 3.14. The van der Waals surface area contributed by atoms with Gasteiger partial charge in [0, 0.05) is 12.5 Å². The van der Waals surface area contributed by atoms with Crippen molar-refractivity contribution in [1.82, 2.24) is 0 Å². The van der Waals surface area contributed by atoms with Crippen LogP contribution in [0.15, 0.2) is 60.4 Å². The number of aliphatic hydroxyl groups excluding tert-OH is 1. The Morgan fingerprint density at radius 2 is 1.54 bits per heavy atom. The number of allylic oxidation sites excluding steroid dienone is 1. The molecule has 24 heavy (non-hydrogen) atoms. The van der Waals surface area contributed by atoms with Crippen LogP contribution in [0.2, 0.25) is 0 Å². The van der Waals surface area contributed by atoms with Gasteiger partial charge < -0.3 is 14.9 Å². The SMILES string of the molecule is O=C(/C=C(\O)C(=O)O)Cc1ccc(OCc2ccc(F)cc2)cc1. The average Bonchev–Trinajstić information content (AvgIpc) is 2.55. The molecule has 124 valence electrons. The summed E-state index contributed by atoms with van der Waals surface area (Å²) in [5.74, 6) is -2.78. The molecule has 0 heterocycles. The van der Waals surface area contributed by atoms with Crippen molar-refractivity contribution in [1.29, 1.82) is 0 Å². The summed E-state index contributed by atoms with van der Waals surface area (Å²) >= 11 is 0. The molecule has 0 radical (unpaired) electrons. The first-order valence-electron chi connectivity index (χ1n) is 7.07. The van der Waals surface area contributed by atoms with Crippen LogP contribution in [-0.2, 0) is 22.6 Å². The normalized spacial score (nSPS) is 11.1. The number of ether oxygens (including phenoxy) is 1. The number of carboxylic acid groups (broad SMARTS) is 1. The fraction of sp³-hybridized carbons (Fsp3) is 0.111. The molecule has 0 fully saturated rings. The van der Waals surface area contributed by atoms with Gasteiger partial charge in [-0.15, -0.1) is 0 Å². The predicted molar refractivity (Wildman–Crippen MR) is 84.2 cm³/mol. The fourth-order valence-electron chi connectivity index (χ4n) is 1.92. The summed E-state index contributed by atoms with van der Waals surface area (Å²) in [6.07, 6.45) is 0.650. The number of hydrogen-bond donors (Lipinski definition) is 2. The summed E-state index contributed by atoms with van der Waals surface area (Å²) in [5.41, 5.74) is 1.48. The van der Waals surface area contributed by atoms with Gasteiger partial charge in [0.15, 0.2) is 5.78 Å². The number of aliphatic hydroxyl groups is 1. The van der Waals surface area contributed by atoms with E-state index in [2.05, 4.69) is 0 Å². The number of halogens is 1. The highest BCUT2D eigenvalue weighted by atomic mass is 19.1. The Morgan fingerprint density at radius 3 is 2.12 bits per heavy atom. The maximum atomic E-state index is 12.8. The quantitative estimate of drug-likeness (QED) is 0.602. The zero-order valence-electron chi connectivity index (χ0n) is 12.6. The van der Waals surface area contributed by atoms with Gasteiger partial charge in [0.05, 0.1) is 0 Å². The second kappa shape index (κ2) is 7.92. The van der Waals surface area contributed by atoms with Crippen LogP contribution in [0.5, 0.6) is 5.75 Å². The Kier molecular flexibility index (Phi) is 5.68. The highest BCUT2D eigenvalue weighted by Gasteiger charge is 2.08. The molecule has 0 unspecified atom stereocenters. The number of rotatable bonds is 7. The molecule has 0 atom stereocenters. The summed E-state index contributed by atoms with van der Waals surface area (Å²) in [5, 5.41) is 17.5. The standard InChI is InChI=1S/C18H15FO5/c19-14-5-1-13(2-6-14)11-24-16-7-3-12(4-8-16)9-15(20)10-17(21)18(22)23/h1-8,10,21H,9,11H2,(H,22,23)/b17-10-. The van der Waals surface area contributed by atoms with Crippen LogP contribution in [0.4, 0.5) is 4.39 Å². The summed E-state index contributed by atoms with van der Waals surface area (Å²) in [7, 11) is 0. The van der Waals surface area contributed by atoms with Gasteiger partial charge >= 0.3 is 5.97 Å². The van der Waals surface area contributed by atoms with E-state index in [0.29, 0.717) is 17.4 Å². The molecule has 0 spiro atoms. The molecule has 0 bridgehead atoms. The third kappa shape index (κ3) is 5.24. The minimum atomic E-state index is -1.55. The van der Waals surface area contributed by atoms with Crippen LogP contribution >= 0.6 is 0 Å². The number of carboxylic acids is 1. The summed E-state index contributed by atoms with van der Waals surface area (Å²) < 4.78 is 18.4. The molecule has 0 amide bonds. The van der Waals surface area contributed by atoms with E-state index in [1.165, 1.54) is 12.1 Å². The molecular formula is C18H15FO5. The van der Waals surface area contributed by atoms with E-state index in [-0.39, 0.29) is 18.8 Å². The van der Waals surface area contributed by atoms with Crippen LogP contribution in [-0.4, -0.2) is 22.0 Å². The van der Waals surface area contributed by atoms with Crippen LogP contribution < -0.4 is 4.74 Å². The van der Waals surface area contributed by atoms with E-state index < -0.39 is 17.5 Å². The molecule has 0 saturated carbocycles. The fourth-order valence-corrected chi connectivity index (χ4v) is 1.92. The lowest BCUT2D eigenvalue weighted by Crippen LogP contribution is -2.05. The molecule has 2 rings (SSSR count). The van der Waals surface area contributed by atoms with Crippen LogP contribution in [0.3, 0.4) is 0 Å². The maximum absolute atomic E-state index is 12.8. The molecule has 2 N–H and O–H groups in total. The molecule has 0 aromatic heterocycles. The Labute approximate surface area is 137 Å². The molecule has 6 heteroatoms. The largest absolute Gasteiger partial charge is 0.502 e. The molecule has 0 saturated heterocycles. The molecule has 0 aliphatic carbocycles. The average molecular weight is 330 g/mol. The number of carbonyl (C=O) groups is 2. The Bertz CT molecular complexity index is 748. The van der Waals surface area contributed by atoms with Gasteiger partial charge in [-0.3, -0.25) is 4.79 Å². The van der Waals surface area contributed by atoms with E-state index in [0.717, 1.165) is 5.56 Å². The second-order valence-electron chi connectivity index (χ2n) is 5.04. The van der Waals surface area contributed by atoms with Crippen LogP contribution in [0.25, 0.3) is 0 Å². The van der Waals surface area contributed by atoms with Crippen molar-refractivity contribution in [2.24, 2.45) is 0 Å². The van der Waals surface area contributed by atoms with E-state index in [1.54, 1.807) is 36.4 Å². The monoisotopic (exact) mass is 330 g/mol. The van der Waals surface area contributed by atoms with Crippen molar-refractivity contribution >= 4 is 11.8 Å². The lowest BCUT2D eigenvalue weighted by Gasteiger charge is -2.07. The third-order valence-corrected chi connectivity index (χ3v) is 3.14. The molecule has 2 aromatic rings. The topological polar surface area (TPSA) is 83.8 Å². The molecular weight excluding hydrogens is 315 g/mol. The minimum absolute atomic E-state index is 0.0322. The van der Waals surface area contributed by atoms with Crippen molar-refractivity contribution in [3.63, 3.8) is 0 Å². The van der Waals surface area contributed by atoms with Crippen LogP contribution in [0.1, 0.15) is 11.1 Å². The van der Waals surface area contributed by atoms with E-state index >= 15 is 0 Å². The summed E-state index contributed by atoms with van der Waals surface area (Å²) in [6, 6.07) is 12.7. The van der Waals surface area contributed by atoms with Crippen molar-refractivity contribution in [2.75, 3.05) is 0 Å². The molecule has 0 aliphatic rings. The minimum Gasteiger partial charge on any atom is -0.502 e. The Hall–Kier alpha value is -3.15. The molecule has 2 aromatic carbocycles. The highest BCUT2D eigenvalue weighted by Crippen LogP contribution is 2.15. The Morgan fingerprint density at radius 1 is 0.958 bits per heavy atom. The van der Waals surface area contributed by atoms with Crippen molar-refractivity contribution in [3.05, 3.63) is 77.3 Å². The van der Waals surface area contributed by atoms with Crippen molar-refractivity contribution in [3.8, 4) is 5.75 Å². The smallest absolute Gasteiger partial charge is 0.371 e. The van der Waals surface area contributed by atoms with E-state index in [4.69, 9.17) is 14.9 Å². The first-order valence-corrected chi connectivity index (χ1v) is 7.07. The number of benzene rings is 2. The number of aliphatic carboxylic acids is 1. The second-order valence-corrected chi connectivity index (χ2v) is 5.04. The van der Waals surface area contributed by atoms with Gasteiger partial charge in [-0.05, 0) is 35.4 Å². The number of ketones is 1. The number of carbonyl (C=O) groups excluding carboxylic acids is 1. The van der Waals surface area contributed by atoms with Gasteiger partial charge in [0.25, 0.3) is 0 Å². The first-order chi connectivity index (χ1) is 11.4.